The number of halogens is 1. The van der Waals surface area contributed by atoms with Crippen LogP contribution < -0.4 is 5.32 Å². The maximum atomic E-state index is 5.83. The fourth-order valence-electron chi connectivity index (χ4n) is 2.25. The number of imidazole rings is 1. The number of nitrogens with one attached hydrogen (secondary N) is 1. The molecule has 0 amide bonds. The highest BCUT2D eigenvalue weighted by molar-refractivity contribution is 7.15. The zero-order valence-corrected chi connectivity index (χ0v) is 14.0. The van der Waals surface area contributed by atoms with E-state index < -0.39 is 0 Å². The van der Waals surface area contributed by atoms with Crippen molar-refractivity contribution < 1.29 is 0 Å². The smallest absolute Gasteiger partial charge is 0.183 e. The highest BCUT2D eigenvalue weighted by atomic mass is 35.5. The van der Waals surface area contributed by atoms with Crippen LogP contribution in [0.5, 0.6) is 0 Å². The van der Waals surface area contributed by atoms with E-state index in [0.717, 1.165) is 28.6 Å². The van der Waals surface area contributed by atoms with Crippen molar-refractivity contribution in [3.63, 3.8) is 0 Å². The zero-order chi connectivity index (χ0) is 15.5. The minimum Gasteiger partial charge on any atom is -0.380 e. The largest absolute Gasteiger partial charge is 0.380 e. The predicted octanol–water partition coefficient (Wildman–Crippen LogP) is 4.72. The van der Waals surface area contributed by atoms with E-state index in [4.69, 9.17) is 11.6 Å². The standard InChI is InChI=1S/C16H17ClN4S/c1-11(2)15-18-7-8-21(15)13-5-3-12(4-6-13)19-9-14-10-20-16(17)22-14/h3-8,10-11,19H,9H2,1-2H3. The Hall–Kier alpha value is -1.85. The highest BCUT2D eigenvalue weighted by Gasteiger charge is 2.08. The second-order valence-corrected chi connectivity index (χ2v) is 6.99. The second kappa shape index (κ2) is 6.50. The first-order valence-electron chi connectivity index (χ1n) is 7.11. The third-order valence-electron chi connectivity index (χ3n) is 3.32. The first-order chi connectivity index (χ1) is 10.6. The fourth-order valence-corrected chi connectivity index (χ4v) is 3.17. The maximum Gasteiger partial charge on any atom is 0.183 e. The van der Waals surface area contributed by atoms with Crippen LogP contribution in [0.15, 0.2) is 42.9 Å². The molecule has 1 aromatic carbocycles. The van der Waals surface area contributed by atoms with Gasteiger partial charge >= 0.3 is 0 Å². The van der Waals surface area contributed by atoms with Crippen LogP contribution >= 0.6 is 22.9 Å². The van der Waals surface area contributed by atoms with Crippen LogP contribution in [0.1, 0.15) is 30.5 Å². The van der Waals surface area contributed by atoms with Crippen LogP contribution in [-0.4, -0.2) is 14.5 Å². The number of nitrogens with zero attached hydrogens (tertiary/aromatic N) is 3. The lowest BCUT2D eigenvalue weighted by molar-refractivity contribution is 0.752. The summed E-state index contributed by atoms with van der Waals surface area (Å²) in [6.45, 7) is 5.02. The monoisotopic (exact) mass is 332 g/mol. The first kappa shape index (κ1) is 15.1. The topological polar surface area (TPSA) is 42.7 Å². The summed E-state index contributed by atoms with van der Waals surface area (Å²) in [5.41, 5.74) is 2.19. The molecule has 6 heteroatoms. The lowest BCUT2D eigenvalue weighted by atomic mass is 10.2. The number of rotatable bonds is 5. The molecule has 0 spiro atoms. The quantitative estimate of drug-likeness (QED) is 0.735. The van der Waals surface area contributed by atoms with Gasteiger partial charge in [-0.15, -0.1) is 11.3 Å². The molecule has 0 radical (unpaired) electrons. The predicted molar refractivity (Wildman–Crippen MR) is 92.1 cm³/mol. The van der Waals surface area contributed by atoms with Crippen molar-refractivity contribution in [1.82, 2.24) is 14.5 Å². The Morgan fingerprint density at radius 1 is 1.23 bits per heavy atom. The van der Waals surface area contributed by atoms with Crippen LogP contribution in [0.3, 0.4) is 0 Å². The van der Waals surface area contributed by atoms with Gasteiger partial charge in [0.15, 0.2) is 4.47 Å². The number of benzene rings is 1. The molecule has 0 aliphatic heterocycles. The zero-order valence-electron chi connectivity index (χ0n) is 12.5. The third-order valence-corrected chi connectivity index (χ3v) is 4.44. The Morgan fingerprint density at radius 3 is 2.64 bits per heavy atom. The molecule has 0 aliphatic rings. The van der Waals surface area contributed by atoms with Crippen LogP contribution in [0.2, 0.25) is 4.47 Å². The summed E-state index contributed by atoms with van der Waals surface area (Å²) in [6, 6.07) is 8.33. The molecular weight excluding hydrogens is 316 g/mol. The molecule has 114 valence electrons. The number of anilines is 1. The van der Waals surface area contributed by atoms with E-state index in [1.54, 1.807) is 6.20 Å². The molecule has 2 heterocycles. The van der Waals surface area contributed by atoms with Gasteiger partial charge in [-0.2, -0.15) is 0 Å². The first-order valence-corrected chi connectivity index (χ1v) is 8.30. The van der Waals surface area contributed by atoms with Crippen LogP contribution in [-0.2, 0) is 6.54 Å². The highest BCUT2D eigenvalue weighted by Crippen LogP contribution is 2.21. The molecule has 4 nitrogen and oxygen atoms in total. The molecule has 2 aromatic heterocycles. The van der Waals surface area contributed by atoms with Gasteiger partial charge in [0.25, 0.3) is 0 Å². The summed E-state index contributed by atoms with van der Waals surface area (Å²) in [5, 5.41) is 3.37. The van der Waals surface area contributed by atoms with Gasteiger partial charge in [-0.05, 0) is 24.3 Å². The molecule has 0 aliphatic carbocycles. The molecular formula is C16H17ClN4S. The van der Waals surface area contributed by atoms with Crippen molar-refractivity contribution in [3.8, 4) is 5.69 Å². The Balaban J connectivity index is 1.71. The Morgan fingerprint density at radius 2 is 2.00 bits per heavy atom. The van der Waals surface area contributed by atoms with Crippen molar-refractivity contribution in [3.05, 3.63) is 58.0 Å². The lowest BCUT2D eigenvalue weighted by Gasteiger charge is -2.11. The van der Waals surface area contributed by atoms with Gasteiger partial charge in [0.1, 0.15) is 5.82 Å². The third kappa shape index (κ3) is 3.31. The summed E-state index contributed by atoms with van der Waals surface area (Å²) < 4.78 is 2.70. The molecule has 1 N–H and O–H groups in total. The van der Waals surface area contributed by atoms with Crippen molar-refractivity contribution >= 4 is 28.6 Å². The normalized spacial score (nSPS) is 11.1. The Bertz CT molecular complexity index is 746. The van der Waals surface area contributed by atoms with Gasteiger partial charge in [0.05, 0.1) is 6.54 Å². The molecule has 3 aromatic rings. The summed E-state index contributed by atoms with van der Waals surface area (Å²) in [5.74, 6) is 1.46. The van der Waals surface area contributed by atoms with E-state index in [9.17, 15) is 0 Å². The summed E-state index contributed by atoms with van der Waals surface area (Å²) >= 11 is 7.32. The van der Waals surface area contributed by atoms with E-state index in [-0.39, 0.29) is 0 Å². The van der Waals surface area contributed by atoms with Gasteiger partial charge in [-0.1, -0.05) is 25.4 Å². The molecule has 22 heavy (non-hydrogen) atoms. The number of hydrogen-bond donors (Lipinski definition) is 1. The molecule has 0 saturated carbocycles. The van der Waals surface area contributed by atoms with Crippen molar-refractivity contribution in [1.29, 1.82) is 0 Å². The van der Waals surface area contributed by atoms with Crippen LogP contribution in [0.25, 0.3) is 5.69 Å². The van der Waals surface area contributed by atoms with Crippen molar-refractivity contribution in [2.75, 3.05) is 5.32 Å². The number of aromatic nitrogens is 3. The van der Waals surface area contributed by atoms with Crippen LogP contribution in [0, 0.1) is 0 Å². The van der Waals surface area contributed by atoms with E-state index in [1.807, 2.05) is 12.4 Å². The van der Waals surface area contributed by atoms with E-state index in [0.29, 0.717) is 10.4 Å². The molecule has 0 fully saturated rings. The minimum absolute atomic E-state index is 0.392. The number of thiazole rings is 1. The van der Waals surface area contributed by atoms with E-state index >= 15 is 0 Å². The molecule has 0 atom stereocenters. The molecule has 0 unspecified atom stereocenters. The fraction of sp³-hybridized carbons (Fsp3) is 0.250. The molecule has 3 rings (SSSR count). The van der Waals surface area contributed by atoms with Gasteiger partial charge < -0.3 is 9.88 Å². The maximum absolute atomic E-state index is 5.83. The summed E-state index contributed by atoms with van der Waals surface area (Å²) in [6.07, 6.45) is 5.64. The van der Waals surface area contributed by atoms with Gasteiger partial charge in [0, 0.05) is 40.8 Å². The second-order valence-electron chi connectivity index (χ2n) is 5.29. The van der Waals surface area contributed by atoms with Gasteiger partial charge in [0.2, 0.25) is 0 Å². The van der Waals surface area contributed by atoms with Gasteiger partial charge in [-0.3, -0.25) is 0 Å². The minimum atomic E-state index is 0.392. The number of hydrogen-bond acceptors (Lipinski definition) is 4. The molecule has 0 bridgehead atoms. The average molecular weight is 333 g/mol. The van der Waals surface area contributed by atoms with Gasteiger partial charge in [-0.25, -0.2) is 9.97 Å². The van der Waals surface area contributed by atoms with Crippen molar-refractivity contribution in [2.24, 2.45) is 0 Å². The van der Waals surface area contributed by atoms with Crippen LogP contribution in [0.4, 0.5) is 5.69 Å². The molecule has 0 saturated heterocycles. The Kier molecular flexibility index (Phi) is 4.45. The summed E-state index contributed by atoms with van der Waals surface area (Å²) in [4.78, 5) is 9.58. The summed E-state index contributed by atoms with van der Waals surface area (Å²) in [7, 11) is 0. The lowest BCUT2D eigenvalue weighted by Crippen LogP contribution is -2.03. The average Bonchev–Trinajstić information content (AvgIpc) is 3.14. The van der Waals surface area contributed by atoms with Crippen molar-refractivity contribution in [2.45, 2.75) is 26.3 Å². The van der Waals surface area contributed by atoms with E-state index in [2.05, 4.69) is 58.0 Å². The SMILES string of the molecule is CC(C)c1nccn1-c1ccc(NCc2cnc(Cl)s2)cc1. The Labute approximate surface area is 138 Å². The van der Waals surface area contributed by atoms with E-state index in [1.165, 1.54) is 11.3 Å².